The molecule has 1 N–H and O–H groups in total. The highest BCUT2D eigenvalue weighted by Crippen LogP contribution is 2.08. The summed E-state index contributed by atoms with van der Waals surface area (Å²) in [5, 5.41) is 2.95. The van der Waals surface area contributed by atoms with Gasteiger partial charge in [-0.3, -0.25) is 4.79 Å². The van der Waals surface area contributed by atoms with Gasteiger partial charge in [-0.25, -0.2) is 0 Å². The largest absolute Gasteiger partial charge is 0.462 e. The zero-order valence-electron chi connectivity index (χ0n) is 11.5. The summed E-state index contributed by atoms with van der Waals surface area (Å²) in [5.41, 5.74) is 0. The second-order valence-electron chi connectivity index (χ2n) is 4.69. The van der Waals surface area contributed by atoms with Crippen molar-refractivity contribution in [2.75, 3.05) is 0 Å². The van der Waals surface area contributed by atoms with E-state index in [4.69, 9.17) is 4.42 Å². The number of unbranched alkanes of at least 4 members (excludes halogenated alkanes) is 2. The Hall–Kier alpha value is -1.51. The Bertz CT molecular complexity index is 393. The summed E-state index contributed by atoms with van der Waals surface area (Å²) in [6.07, 6.45) is 7.85. The fourth-order valence-electron chi connectivity index (χ4n) is 1.76. The van der Waals surface area contributed by atoms with Crippen molar-refractivity contribution in [3.8, 4) is 0 Å². The molecule has 0 aliphatic rings. The topological polar surface area (TPSA) is 42.2 Å². The minimum Gasteiger partial charge on any atom is -0.462 e. The molecule has 0 bridgehead atoms. The van der Waals surface area contributed by atoms with Crippen molar-refractivity contribution in [3.05, 3.63) is 29.7 Å². The maximum Gasteiger partial charge on any atom is 0.244 e. The van der Waals surface area contributed by atoms with E-state index in [1.54, 1.807) is 6.08 Å². The van der Waals surface area contributed by atoms with E-state index in [1.165, 1.54) is 25.3 Å². The molecule has 0 aromatic carbocycles. The van der Waals surface area contributed by atoms with Crippen LogP contribution in [0.5, 0.6) is 0 Å². The van der Waals surface area contributed by atoms with Gasteiger partial charge in [0, 0.05) is 12.1 Å². The lowest BCUT2D eigenvalue weighted by Gasteiger charge is -2.11. The average Bonchev–Trinajstić information content (AvgIpc) is 2.73. The molecule has 1 rings (SSSR count). The van der Waals surface area contributed by atoms with Crippen molar-refractivity contribution >= 4 is 12.0 Å². The van der Waals surface area contributed by atoms with Gasteiger partial charge in [-0.2, -0.15) is 0 Å². The van der Waals surface area contributed by atoms with Crippen molar-refractivity contribution in [2.45, 2.75) is 52.5 Å². The summed E-state index contributed by atoms with van der Waals surface area (Å²) in [6.45, 7) is 6.10. The van der Waals surface area contributed by atoms with Crippen LogP contribution in [0.3, 0.4) is 0 Å². The third-order valence-electron chi connectivity index (χ3n) is 2.79. The molecule has 3 nitrogen and oxygen atoms in total. The van der Waals surface area contributed by atoms with E-state index >= 15 is 0 Å². The number of carbonyl (C=O) groups is 1. The van der Waals surface area contributed by atoms with Crippen molar-refractivity contribution in [1.82, 2.24) is 5.32 Å². The van der Waals surface area contributed by atoms with Crippen LogP contribution in [0.25, 0.3) is 6.08 Å². The van der Waals surface area contributed by atoms with Gasteiger partial charge in [0.1, 0.15) is 11.5 Å². The third kappa shape index (κ3) is 5.71. The lowest BCUT2D eigenvalue weighted by Crippen LogP contribution is -2.30. The number of rotatable bonds is 7. The molecular weight excluding hydrogens is 226 g/mol. The highest BCUT2D eigenvalue weighted by molar-refractivity contribution is 5.91. The number of hydrogen-bond donors (Lipinski definition) is 1. The summed E-state index contributed by atoms with van der Waals surface area (Å²) in [4.78, 5) is 11.6. The lowest BCUT2D eigenvalue weighted by atomic mass is 10.1. The van der Waals surface area contributed by atoms with Crippen LogP contribution in [0.1, 0.15) is 51.1 Å². The SMILES string of the molecule is CCCCCC(C)NC(=O)/C=C/c1ccc(C)o1. The molecule has 0 radical (unpaired) electrons. The monoisotopic (exact) mass is 249 g/mol. The van der Waals surface area contributed by atoms with E-state index in [1.807, 2.05) is 26.0 Å². The van der Waals surface area contributed by atoms with Gasteiger partial charge in [0.15, 0.2) is 0 Å². The van der Waals surface area contributed by atoms with Gasteiger partial charge in [0.2, 0.25) is 5.91 Å². The Morgan fingerprint density at radius 2 is 2.22 bits per heavy atom. The fraction of sp³-hybridized carbons (Fsp3) is 0.533. The molecule has 0 aliphatic heterocycles. The first-order valence-corrected chi connectivity index (χ1v) is 6.67. The van der Waals surface area contributed by atoms with Crippen molar-refractivity contribution in [1.29, 1.82) is 0 Å². The average molecular weight is 249 g/mol. The Labute approximate surface area is 109 Å². The second kappa shape index (κ2) is 7.75. The lowest BCUT2D eigenvalue weighted by molar-refractivity contribution is -0.117. The van der Waals surface area contributed by atoms with E-state index in [9.17, 15) is 4.79 Å². The van der Waals surface area contributed by atoms with Crippen LogP contribution >= 0.6 is 0 Å². The molecule has 0 fully saturated rings. The summed E-state index contributed by atoms with van der Waals surface area (Å²) in [6, 6.07) is 3.96. The van der Waals surface area contributed by atoms with Gasteiger partial charge in [0.25, 0.3) is 0 Å². The minimum absolute atomic E-state index is 0.0620. The minimum atomic E-state index is -0.0620. The molecule has 0 saturated heterocycles. The van der Waals surface area contributed by atoms with Crippen LogP contribution < -0.4 is 5.32 Å². The van der Waals surface area contributed by atoms with Crippen molar-refractivity contribution < 1.29 is 9.21 Å². The summed E-state index contributed by atoms with van der Waals surface area (Å²) in [5.74, 6) is 1.50. The summed E-state index contributed by atoms with van der Waals surface area (Å²) >= 11 is 0. The smallest absolute Gasteiger partial charge is 0.244 e. The first kappa shape index (κ1) is 14.6. The fourth-order valence-corrected chi connectivity index (χ4v) is 1.76. The van der Waals surface area contributed by atoms with Crippen LogP contribution in [0.15, 0.2) is 22.6 Å². The molecule has 0 aliphatic carbocycles. The van der Waals surface area contributed by atoms with Gasteiger partial charge >= 0.3 is 0 Å². The van der Waals surface area contributed by atoms with E-state index in [0.717, 1.165) is 12.2 Å². The Morgan fingerprint density at radius 3 is 2.83 bits per heavy atom. The van der Waals surface area contributed by atoms with Gasteiger partial charge < -0.3 is 9.73 Å². The van der Waals surface area contributed by atoms with Crippen LogP contribution in [0.4, 0.5) is 0 Å². The molecule has 1 heterocycles. The quantitative estimate of drug-likeness (QED) is 0.591. The molecule has 100 valence electrons. The van der Waals surface area contributed by atoms with Gasteiger partial charge in [-0.05, 0) is 38.5 Å². The predicted molar refractivity (Wildman–Crippen MR) is 74.2 cm³/mol. The molecule has 3 heteroatoms. The molecule has 18 heavy (non-hydrogen) atoms. The van der Waals surface area contributed by atoms with Crippen LogP contribution in [0, 0.1) is 6.92 Å². The first-order valence-electron chi connectivity index (χ1n) is 6.67. The standard InChI is InChI=1S/C15H23NO2/c1-4-5-6-7-12(2)16-15(17)11-10-14-9-8-13(3)18-14/h8-12H,4-7H2,1-3H3,(H,16,17)/b11-10+. The zero-order valence-corrected chi connectivity index (χ0v) is 11.5. The maximum absolute atomic E-state index is 11.6. The zero-order chi connectivity index (χ0) is 13.4. The van der Waals surface area contributed by atoms with Crippen LogP contribution in [0.2, 0.25) is 0 Å². The van der Waals surface area contributed by atoms with Gasteiger partial charge in [-0.1, -0.05) is 26.2 Å². The molecule has 1 aromatic heterocycles. The second-order valence-corrected chi connectivity index (χ2v) is 4.69. The molecule has 0 saturated carbocycles. The number of hydrogen-bond acceptors (Lipinski definition) is 2. The van der Waals surface area contributed by atoms with E-state index in [0.29, 0.717) is 5.76 Å². The highest BCUT2D eigenvalue weighted by atomic mass is 16.3. The molecule has 1 unspecified atom stereocenters. The van der Waals surface area contributed by atoms with Crippen LogP contribution in [-0.2, 0) is 4.79 Å². The Kier molecular flexibility index (Phi) is 6.26. The number of nitrogens with one attached hydrogen (secondary N) is 1. The Morgan fingerprint density at radius 1 is 1.44 bits per heavy atom. The number of carbonyl (C=O) groups excluding carboxylic acids is 1. The van der Waals surface area contributed by atoms with Gasteiger partial charge in [-0.15, -0.1) is 0 Å². The molecule has 0 spiro atoms. The summed E-state index contributed by atoms with van der Waals surface area (Å²) < 4.78 is 5.35. The molecular formula is C15H23NO2. The van der Waals surface area contributed by atoms with E-state index in [2.05, 4.69) is 12.2 Å². The van der Waals surface area contributed by atoms with E-state index in [-0.39, 0.29) is 11.9 Å². The first-order chi connectivity index (χ1) is 8.61. The maximum atomic E-state index is 11.6. The van der Waals surface area contributed by atoms with Crippen LogP contribution in [-0.4, -0.2) is 11.9 Å². The molecule has 1 aromatic rings. The summed E-state index contributed by atoms with van der Waals surface area (Å²) in [7, 11) is 0. The molecule has 1 atom stereocenters. The normalized spacial score (nSPS) is 12.8. The van der Waals surface area contributed by atoms with Crippen molar-refractivity contribution in [2.24, 2.45) is 0 Å². The number of aryl methyl sites for hydroxylation is 1. The molecule has 1 amide bonds. The highest BCUT2D eigenvalue weighted by Gasteiger charge is 2.04. The number of furan rings is 1. The third-order valence-corrected chi connectivity index (χ3v) is 2.79. The van der Waals surface area contributed by atoms with Crippen molar-refractivity contribution in [3.63, 3.8) is 0 Å². The van der Waals surface area contributed by atoms with Gasteiger partial charge in [0.05, 0.1) is 0 Å². The Balaban J connectivity index is 2.30. The van der Waals surface area contributed by atoms with E-state index < -0.39 is 0 Å². The predicted octanol–water partition coefficient (Wildman–Crippen LogP) is 3.69. The number of amides is 1.